The number of nitrogen functional groups attached to an aromatic ring is 1. The number of carbonyl (C=O) groups is 1. The summed E-state index contributed by atoms with van der Waals surface area (Å²) in [6, 6.07) is 12.4. The minimum atomic E-state index is -0.265. The number of anilines is 2. The number of rotatable bonds is 3. The van der Waals surface area contributed by atoms with Gasteiger partial charge in [0.15, 0.2) is 0 Å². The standard InChI is InChI=1S/C14H13BrN2O2/c1-19-12-4-2-3-11(13(12)16)14(18)17-10-7-5-9(15)6-8-10/h2-8H,16H2,1H3,(H,17,18). The summed E-state index contributed by atoms with van der Waals surface area (Å²) in [5.41, 5.74) is 7.31. The highest BCUT2D eigenvalue weighted by atomic mass is 79.9. The van der Waals surface area contributed by atoms with Gasteiger partial charge in [0.25, 0.3) is 5.91 Å². The van der Waals surface area contributed by atoms with Crippen molar-refractivity contribution in [1.82, 2.24) is 0 Å². The van der Waals surface area contributed by atoms with E-state index in [1.54, 1.807) is 30.3 Å². The first-order valence-electron chi connectivity index (χ1n) is 5.61. The lowest BCUT2D eigenvalue weighted by Crippen LogP contribution is -2.14. The summed E-state index contributed by atoms with van der Waals surface area (Å²) in [5.74, 6) is 0.224. The summed E-state index contributed by atoms with van der Waals surface area (Å²) in [5, 5.41) is 2.78. The fourth-order valence-electron chi connectivity index (χ4n) is 1.65. The average Bonchev–Trinajstić information content (AvgIpc) is 2.41. The van der Waals surface area contributed by atoms with Gasteiger partial charge in [-0.3, -0.25) is 4.79 Å². The van der Waals surface area contributed by atoms with Crippen molar-refractivity contribution in [2.45, 2.75) is 0 Å². The van der Waals surface area contributed by atoms with Crippen LogP contribution in [0.15, 0.2) is 46.9 Å². The Balaban J connectivity index is 2.23. The van der Waals surface area contributed by atoms with Gasteiger partial charge >= 0.3 is 0 Å². The Bertz CT molecular complexity index is 597. The Morgan fingerprint density at radius 1 is 1.21 bits per heavy atom. The van der Waals surface area contributed by atoms with Gasteiger partial charge in [-0.05, 0) is 36.4 Å². The first-order valence-corrected chi connectivity index (χ1v) is 6.40. The van der Waals surface area contributed by atoms with Crippen molar-refractivity contribution < 1.29 is 9.53 Å². The molecule has 2 aromatic rings. The predicted molar refractivity (Wildman–Crippen MR) is 79.5 cm³/mol. The van der Waals surface area contributed by atoms with Gasteiger partial charge in [-0.1, -0.05) is 22.0 Å². The molecule has 1 amide bonds. The third-order valence-electron chi connectivity index (χ3n) is 2.63. The molecule has 2 aromatic carbocycles. The minimum absolute atomic E-state index is 0.265. The van der Waals surface area contributed by atoms with Gasteiger partial charge in [-0.25, -0.2) is 0 Å². The van der Waals surface area contributed by atoms with Gasteiger partial charge in [-0.15, -0.1) is 0 Å². The first kappa shape index (κ1) is 13.4. The van der Waals surface area contributed by atoms with Crippen molar-refractivity contribution in [3.8, 4) is 5.75 Å². The van der Waals surface area contributed by atoms with Crippen LogP contribution in [0.25, 0.3) is 0 Å². The van der Waals surface area contributed by atoms with Crippen molar-refractivity contribution >= 4 is 33.2 Å². The highest BCUT2D eigenvalue weighted by Gasteiger charge is 2.12. The van der Waals surface area contributed by atoms with Gasteiger partial charge in [-0.2, -0.15) is 0 Å². The Kier molecular flexibility index (Phi) is 4.06. The topological polar surface area (TPSA) is 64.3 Å². The number of benzene rings is 2. The molecule has 0 saturated heterocycles. The van der Waals surface area contributed by atoms with Crippen molar-refractivity contribution in [2.75, 3.05) is 18.2 Å². The fraction of sp³-hybridized carbons (Fsp3) is 0.0714. The molecule has 0 spiro atoms. The molecule has 0 atom stereocenters. The maximum atomic E-state index is 12.1. The van der Waals surface area contributed by atoms with E-state index in [0.717, 1.165) is 4.47 Å². The second-order valence-electron chi connectivity index (χ2n) is 3.88. The molecule has 4 nitrogen and oxygen atoms in total. The zero-order chi connectivity index (χ0) is 13.8. The van der Waals surface area contributed by atoms with Crippen molar-refractivity contribution in [3.63, 3.8) is 0 Å². The molecule has 2 rings (SSSR count). The van der Waals surface area contributed by atoms with E-state index in [4.69, 9.17) is 10.5 Å². The largest absolute Gasteiger partial charge is 0.495 e. The number of ether oxygens (including phenoxy) is 1. The quantitative estimate of drug-likeness (QED) is 0.853. The predicted octanol–water partition coefficient (Wildman–Crippen LogP) is 3.29. The number of nitrogens with one attached hydrogen (secondary N) is 1. The van der Waals surface area contributed by atoms with E-state index < -0.39 is 0 Å². The maximum Gasteiger partial charge on any atom is 0.257 e. The van der Waals surface area contributed by atoms with E-state index in [2.05, 4.69) is 21.2 Å². The van der Waals surface area contributed by atoms with Crippen LogP contribution in [-0.2, 0) is 0 Å². The molecule has 98 valence electrons. The van der Waals surface area contributed by atoms with Crippen LogP contribution in [0.2, 0.25) is 0 Å². The third-order valence-corrected chi connectivity index (χ3v) is 3.16. The van der Waals surface area contributed by atoms with Crippen LogP contribution < -0.4 is 15.8 Å². The number of carbonyl (C=O) groups excluding carboxylic acids is 1. The van der Waals surface area contributed by atoms with Crippen LogP contribution in [0, 0.1) is 0 Å². The second kappa shape index (κ2) is 5.75. The summed E-state index contributed by atoms with van der Waals surface area (Å²) in [6.07, 6.45) is 0. The molecule has 0 fully saturated rings. The van der Waals surface area contributed by atoms with E-state index in [1.165, 1.54) is 7.11 Å². The Labute approximate surface area is 119 Å². The number of nitrogens with two attached hydrogens (primary N) is 1. The summed E-state index contributed by atoms with van der Waals surface area (Å²) in [4.78, 5) is 12.1. The Hall–Kier alpha value is -2.01. The maximum absolute atomic E-state index is 12.1. The molecule has 3 N–H and O–H groups in total. The van der Waals surface area contributed by atoms with E-state index in [-0.39, 0.29) is 5.91 Å². The van der Waals surface area contributed by atoms with E-state index in [9.17, 15) is 4.79 Å². The molecule has 0 aliphatic carbocycles. The van der Waals surface area contributed by atoms with Gasteiger partial charge in [0.05, 0.1) is 18.4 Å². The lowest BCUT2D eigenvalue weighted by Gasteiger charge is -2.10. The highest BCUT2D eigenvalue weighted by molar-refractivity contribution is 9.10. The fourth-order valence-corrected chi connectivity index (χ4v) is 1.92. The molecule has 0 saturated carbocycles. The van der Waals surface area contributed by atoms with Gasteiger partial charge in [0.1, 0.15) is 5.75 Å². The average molecular weight is 321 g/mol. The first-order chi connectivity index (χ1) is 9.11. The van der Waals surface area contributed by atoms with Crippen LogP contribution in [-0.4, -0.2) is 13.0 Å². The molecular weight excluding hydrogens is 308 g/mol. The molecule has 0 radical (unpaired) electrons. The zero-order valence-corrected chi connectivity index (χ0v) is 11.9. The lowest BCUT2D eigenvalue weighted by atomic mass is 10.1. The van der Waals surface area contributed by atoms with Crippen molar-refractivity contribution in [3.05, 3.63) is 52.5 Å². The second-order valence-corrected chi connectivity index (χ2v) is 4.80. The molecule has 0 aromatic heterocycles. The molecule has 0 aliphatic rings. The van der Waals surface area contributed by atoms with Gasteiger partial charge in [0.2, 0.25) is 0 Å². The number of amides is 1. The number of para-hydroxylation sites is 1. The lowest BCUT2D eigenvalue weighted by molar-refractivity contribution is 0.102. The van der Waals surface area contributed by atoms with E-state index in [1.807, 2.05) is 12.1 Å². The Morgan fingerprint density at radius 2 is 1.89 bits per heavy atom. The zero-order valence-electron chi connectivity index (χ0n) is 10.3. The molecule has 0 aliphatic heterocycles. The smallest absolute Gasteiger partial charge is 0.257 e. The van der Waals surface area contributed by atoms with Gasteiger partial charge < -0.3 is 15.8 Å². The Morgan fingerprint density at radius 3 is 2.53 bits per heavy atom. The van der Waals surface area contributed by atoms with Crippen LogP contribution in [0.4, 0.5) is 11.4 Å². The van der Waals surface area contributed by atoms with Gasteiger partial charge in [0, 0.05) is 10.2 Å². The number of halogens is 1. The number of hydrogen-bond donors (Lipinski definition) is 2. The van der Waals surface area contributed by atoms with Crippen LogP contribution in [0.3, 0.4) is 0 Å². The third kappa shape index (κ3) is 3.06. The highest BCUT2D eigenvalue weighted by Crippen LogP contribution is 2.25. The van der Waals surface area contributed by atoms with Crippen molar-refractivity contribution in [1.29, 1.82) is 0 Å². The van der Waals surface area contributed by atoms with Crippen LogP contribution in [0.1, 0.15) is 10.4 Å². The summed E-state index contributed by atoms with van der Waals surface area (Å²) >= 11 is 3.34. The normalized spacial score (nSPS) is 10.0. The summed E-state index contributed by atoms with van der Waals surface area (Å²) < 4.78 is 6.04. The molecule has 0 unspecified atom stereocenters. The molecule has 0 bridgehead atoms. The summed E-state index contributed by atoms with van der Waals surface area (Å²) in [6.45, 7) is 0. The molecule has 0 heterocycles. The molecular formula is C14H13BrN2O2. The molecule has 5 heteroatoms. The minimum Gasteiger partial charge on any atom is -0.495 e. The van der Waals surface area contributed by atoms with E-state index >= 15 is 0 Å². The number of hydrogen-bond acceptors (Lipinski definition) is 3. The number of methoxy groups -OCH3 is 1. The van der Waals surface area contributed by atoms with E-state index in [0.29, 0.717) is 22.7 Å². The monoisotopic (exact) mass is 320 g/mol. The van der Waals surface area contributed by atoms with Crippen molar-refractivity contribution in [2.24, 2.45) is 0 Å². The van der Waals surface area contributed by atoms with Crippen LogP contribution >= 0.6 is 15.9 Å². The SMILES string of the molecule is COc1cccc(C(=O)Nc2ccc(Br)cc2)c1N. The van der Waals surface area contributed by atoms with Crippen LogP contribution in [0.5, 0.6) is 5.75 Å². The summed E-state index contributed by atoms with van der Waals surface area (Å²) in [7, 11) is 1.52. The molecule has 19 heavy (non-hydrogen) atoms.